The summed E-state index contributed by atoms with van der Waals surface area (Å²) in [4.78, 5) is 0. The molecule has 1 aromatic rings. The molecule has 0 amide bonds. The molecular formula is C12H17NO2. The van der Waals surface area contributed by atoms with Crippen LogP contribution >= 0.6 is 0 Å². The fourth-order valence-corrected chi connectivity index (χ4v) is 1.90. The molecule has 3 N–H and O–H groups in total. The highest BCUT2D eigenvalue weighted by Gasteiger charge is 2.40. The highest BCUT2D eigenvalue weighted by Crippen LogP contribution is 2.38. The Balaban J connectivity index is 2.50. The van der Waals surface area contributed by atoms with Crippen molar-refractivity contribution in [3.05, 3.63) is 29.3 Å². The second-order valence-electron chi connectivity index (χ2n) is 4.72. The van der Waals surface area contributed by atoms with Gasteiger partial charge in [-0.05, 0) is 32.4 Å². The topological polar surface area (TPSA) is 55.5 Å². The van der Waals surface area contributed by atoms with Gasteiger partial charge in [0.05, 0.1) is 6.04 Å². The van der Waals surface area contributed by atoms with Gasteiger partial charge in [-0.3, -0.25) is 0 Å². The molecule has 0 aliphatic carbocycles. The summed E-state index contributed by atoms with van der Waals surface area (Å²) in [6, 6.07) is 5.38. The van der Waals surface area contributed by atoms with Crippen LogP contribution in [0.2, 0.25) is 0 Å². The Morgan fingerprint density at radius 2 is 2.07 bits per heavy atom. The molecule has 0 bridgehead atoms. The summed E-state index contributed by atoms with van der Waals surface area (Å²) in [6.07, 6.45) is -0.649. The zero-order valence-electron chi connectivity index (χ0n) is 9.32. The number of hydrogen-bond donors (Lipinski definition) is 2. The van der Waals surface area contributed by atoms with Gasteiger partial charge in [-0.25, -0.2) is 0 Å². The van der Waals surface area contributed by atoms with Crippen LogP contribution in [0.15, 0.2) is 18.2 Å². The number of hydrogen-bond acceptors (Lipinski definition) is 3. The van der Waals surface area contributed by atoms with E-state index < -0.39 is 17.7 Å². The molecule has 0 saturated carbocycles. The molecule has 1 heterocycles. The van der Waals surface area contributed by atoms with Gasteiger partial charge in [-0.2, -0.15) is 0 Å². The van der Waals surface area contributed by atoms with Gasteiger partial charge in [0, 0.05) is 5.56 Å². The summed E-state index contributed by atoms with van der Waals surface area (Å²) in [5.74, 6) is 0.745. The van der Waals surface area contributed by atoms with Crippen molar-refractivity contribution in [1.29, 1.82) is 0 Å². The molecule has 3 heteroatoms. The normalized spacial score (nSPS) is 28.1. The number of aryl methyl sites for hydroxylation is 1. The standard InChI is InChI=1S/C12H17NO2/c1-7-4-5-8-9(6-7)15-12(2,3)11(13)10(8)14/h4-6,10-11,14H,13H2,1-3H3. The molecule has 3 nitrogen and oxygen atoms in total. The van der Waals surface area contributed by atoms with E-state index in [4.69, 9.17) is 10.5 Å². The lowest BCUT2D eigenvalue weighted by molar-refractivity contribution is -0.0117. The molecule has 0 aromatic heterocycles. The summed E-state index contributed by atoms with van der Waals surface area (Å²) in [5, 5.41) is 10.1. The van der Waals surface area contributed by atoms with Crippen LogP contribution in [0.25, 0.3) is 0 Å². The maximum absolute atomic E-state index is 10.1. The van der Waals surface area contributed by atoms with Crippen LogP contribution in [0.5, 0.6) is 5.75 Å². The molecule has 2 unspecified atom stereocenters. The van der Waals surface area contributed by atoms with Crippen LogP contribution in [-0.2, 0) is 0 Å². The number of aliphatic hydroxyl groups excluding tert-OH is 1. The molecule has 0 fully saturated rings. The lowest BCUT2D eigenvalue weighted by atomic mass is 9.86. The Morgan fingerprint density at radius 1 is 1.40 bits per heavy atom. The lowest BCUT2D eigenvalue weighted by Gasteiger charge is -2.41. The van der Waals surface area contributed by atoms with E-state index in [0.717, 1.165) is 16.9 Å². The van der Waals surface area contributed by atoms with Crippen LogP contribution < -0.4 is 10.5 Å². The molecule has 15 heavy (non-hydrogen) atoms. The van der Waals surface area contributed by atoms with E-state index in [1.54, 1.807) is 0 Å². The average Bonchev–Trinajstić information content (AvgIpc) is 2.13. The predicted molar refractivity (Wildman–Crippen MR) is 58.8 cm³/mol. The van der Waals surface area contributed by atoms with Crippen molar-refractivity contribution in [3.63, 3.8) is 0 Å². The summed E-state index contributed by atoms with van der Waals surface area (Å²) in [5.41, 5.74) is 7.31. The Hall–Kier alpha value is -1.06. The zero-order valence-corrected chi connectivity index (χ0v) is 9.32. The molecule has 1 aliphatic heterocycles. The van der Waals surface area contributed by atoms with Crippen LogP contribution in [0.1, 0.15) is 31.1 Å². The predicted octanol–water partition coefficient (Wildman–Crippen LogP) is 1.53. The number of rotatable bonds is 0. The smallest absolute Gasteiger partial charge is 0.126 e. The summed E-state index contributed by atoms with van der Waals surface area (Å²) in [6.45, 7) is 5.79. The first-order valence-corrected chi connectivity index (χ1v) is 5.15. The minimum atomic E-state index is -0.649. The van der Waals surface area contributed by atoms with Crippen molar-refractivity contribution < 1.29 is 9.84 Å². The molecule has 1 aliphatic rings. The van der Waals surface area contributed by atoms with Crippen molar-refractivity contribution in [2.75, 3.05) is 0 Å². The van der Waals surface area contributed by atoms with Gasteiger partial charge in [0.2, 0.25) is 0 Å². The first-order chi connectivity index (χ1) is 6.92. The van der Waals surface area contributed by atoms with Crippen molar-refractivity contribution in [3.8, 4) is 5.75 Å². The first kappa shape index (κ1) is 10.5. The van der Waals surface area contributed by atoms with E-state index >= 15 is 0 Å². The molecule has 0 radical (unpaired) electrons. The Morgan fingerprint density at radius 3 is 2.73 bits per heavy atom. The molecule has 0 saturated heterocycles. The molecular weight excluding hydrogens is 190 g/mol. The Kier molecular flexibility index (Phi) is 2.24. The van der Waals surface area contributed by atoms with E-state index in [9.17, 15) is 5.11 Å². The second kappa shape index (κ2) is 3.22. The number of fused-ring (bicyclic) bond motifs is 1. The van der Waals surface area contributed by atoms with Gasteiger partial charge in [0.25, 0.3) is 0 Å². The van der Waals surface area contributed by atoms with Crippen molar-refractivity contribution in [2.24, 2.45) is 5.73 Å². The minimum Gasteiger partial charge on any atom is -0.486 e. The van der Waals surface area contributed by atoms with Gasteiger partial charge in [-0.15, -0.1) is 0 Å². The number of ether oxygens (including phenoxy) is 1. The quantitative estimate of drug-likeness (QED) is 0.678. The monoisotopic (exact) mass is 207 g/mol. The maximum atomic E-state index is 10.1. The van der Waals surface area contributed by atoms with Crippen LogP contribution in [0, 0.1) is 6.92 Å². The fraction of sp³-hybridized carbons (Fsp3) is 0.500. The zero-order chi connectivity index (χ0) is 11.2. The number of benzene rings is 1. The second-order valence-corrected chi connectivity index (χ2v) is 4.72. The van der Waals surface area contributed by atoms with E-state index in [1.165, 1.54) is 0 Å². The number of aliphatic hydroxyl groups is 1. The van der Waals surface area contributed by atoms with Crippen LogP contribution in [0.4, 0.5) is 0 Å². The molecule has 1 aromatic carbocycles. The maximum Gasteiger partial charge on any atom is 0.126 e. The van der Waals surface area contributed by atoms with Crippen molar-refractivity contribution in [2.45, 2.75) is 38.5 Å². The SMILES string of the molecule is Cc1ccc2c(c1)OC(C)(C)C(N)C2O. The van der Waals surface area contributed by atoms with Gasteiger partial charge in [0.15, 0.2) is 0 Å². The van der Waals surface area contributed by atoms with Gasteiger partial charge >= 0.3 is 0 Å². The molecule has 2 rings (SSSR count). The first-order valence-electron chi connectivity index (χ1n) is 5.15. The van der Waals surface area contributed by atoms with Crippen LogP contribution in [0.3, 0.4) is 0 Å². The summed E-state index contributed by atoms with van der Waals surface area (Å²) in [7, 11) is 0. The van der Waals surface area contributed by atoms with Gasteiger partial charge < -0.3 is 15.6 Å². The highest BCUT2D eigenvalue weighted by atomic mass is 16.5. The van der Waals surface area contributed by atoms with E-state index in [-0.39, 0.29) is 0 Å². The van der Waals surface area contributed by atoms with Gasteiger partial charge in [-0.1, -0.05) is 12.1 Å². The minimum absolute atomic E-state index is 0.396. The third-order valence-electron chi connectivity index (χ3n) is 3.00. The third kappa shape index (κ3) is 1.62. The average molecular weight is 207 g/mol. The van der Waals surface area contributed by atoms with E-state index in [0.29, 0.717) is 0 Å². The molecule has 2 atom stereocenters. The Labute approximate surface area is 89.9 Å². The Bertz CT molecular complexity index is 387. The highest BCUT2D eigenvalue weighted by molar-refractivity contribution is 5.42. The lowest BCUT2D eigenvalue weighted by Crippen LogP contribution is -2.53. The molecule has 0 spiro atoms. The summed E-state index contributed by atoms with van der Waals surface area (Å²) >= 11 is 0. The third-order valence-corrected chi connectivity index (χ3v) is 3.00. The van der Waals surface area contributed by atoms with Crippen molar-refractivity contribution in [1.82, 2.24) is 0 Å². The van der Waals surface area contributed by atoms with Crippen LogP contribution in [-0.4, -0.2) is 16.7 Å². The molecule has 82 valence electrons. The summed E-state index contributed by atoms with van der Waals surface area (Å²) < 4.78 is 5.80. The van der Waals surface area contributed by atoms with E-state index in [1.807, 2.05) is 39.0 Å². The largest absolute Gasteiger partial charge is 0.486 e. The van der Waals surface area contributed by atoms with Crippen molar-refractivity contribution >= 4 is 0 Å². The van der Waals surface area contributed by atoms with E-state index in [2.05, 4.69) is 0 Å². The van der Waals surface area contributed by atoms with Gasteiger partial charge in [0.1, 0.15) is 17.5 Å². The number of nitrogens with two attached hydrogens (primary N) is 1. The fourth-order valence-electron chi connectivity index (χ4n) is 1.90.